The highest BCUT2D eigenvalue weighted by atomic mass is 35.5. The second-order valence-electron chi connectivity index (χ2n) is 11.4. The number of rotatable bonds is 8. The zero-order valence-corrected chi connectivity index (χ0v) is 25.3. The number of fused-ring (bicyclic) bond motifs is 2. The monoisotopic (exact) mass is 648 g/mol. The number of sulfonamides is 1. The van der Waals surface area contributed by atoms with Crippen molar-refractivity contribution in [3.8, 4) is 11.1 Å². The maximum Gasteiger partial charge on any atom is 0.416 e. The number of carbonyl (C=O) groups is 1. The summed E-state index contributed by atoms with van der Waals surface area (Å²) in [5.41, 5.74) is 7.49. The maximum absolute atomic E-state index is 13.5. The van der Waals surface area contributed by atoms with Gasteiger partial charge in [0.2, 0.25) is 15.9 Å². The molecule has 234 valence electrons. The third-order valence-electron chi connectivity index (χ3n) is 8.72. The Morgan fingerprint density at radius 2 is 1.68 bits per heavy atom. The van der Waals surface area contributed by atoms with Crippen LogP contribution in [0.4, 0.5) is 19.0 Å². The smallest absolute Gasteiger partial charge is 0.366 e. The van der Waals surface area contributed by atoms with E-state index in [-0.39, 0.29) is 42.0 Å². The van der Waals surface area contributed by atoms with E-state index in [9.17, 15) is 26.4 Å². The Hall–Kier alpha value is -3.23. The van der Waals surface area contributed by atoms with Crippen LogP contribution in [0.25, 0.3) is 11.1 Å². The Balaban J connectivity index is 1.15. The predicted molar refractivity (Wildman–Crippen MR) is 161 cm³/mol. The van der Waals surface area contributed by atoms with E-state index in [4.69, 9.17) is 17.3 Å². The molecule has 2 bridgehead atoms. The molecule has 9 nitrogen and oxygen atoms in total. The summed E-state index contributed by atoms with van der Waals surface area (Å²) in [7, 11) is -3.89. The standard InChI is InChI=1S/C30H32ClF3N6O3S/c31-27-14-21(30(32,33)34)15-28(37-27)38-9-11-39(12-10-38)44(42,43)24-4-2-20(3-5-24)26-13-19(1-6-25(26)29(35)41)7-8-40-22-16-23(40)18-36-17-22/h1-6,13-15,22-23,36H,7-12,16-18H2,(H2,35,41). The third kappa shape index (κ3) is 6.16. The van der Waals surface area contributed by atoms with Crippen molar-refractivity contribution in [3.05, 3.63) is 76.4 Å². The van der Waals surface area contributed by atoms with Gasteiger partial charge >= 0.3 is 6.18 Å². The molecule has 14 heteroatoms. The van der Waals surface area contributed by atoms with E-state index in [0.29, 0.717) is 28.8 Å². The van der Waals surface area contributed by atoms with Crippen LogP contribution in [0.2, 0.25) is 5.15 Å². The molecule has 3 aromatic rings. The summed E-state index contributed by atoms with van der Waals surface area (Å²) < 4.78 is 67.9. The van der Waals surface area contributed by atoms with Gasteiger partial charge in [0.25, 0.3) is 0 Å². The molecule has 2 atom stereocenters. The number of nitrogens with one attached hydrogen (secondary N) is 1. The van der Waals surface area contributed by atoms with Crippen LogP contribution in [-0.4, -0.2) is 86.4 Å². The average Bonchev–Trinajstić information content (AvgIpc) is 3.00. The van der Waals surface area contributed by atoms with E-state index < -0.39 is 27.7 Å². The summed E-state index contributed by atoms with van der Waals surface area (Å²) in [4.78, 5) is 20.4. The summed E-state index contributed by atoms with van der Waals surface area (Å²) in [6, 6.07) is 14.7. The minimum absolute atomic E-state index is 0.0449. The van der Waals surface area contributed by atoms with Crippen molar-refractivity contribution in [1.82, 2.24) is 19.5 Å². The molecule has 4 heterocycles. The number of piperazine rings is 2. The second-order valence-corrected chi connectivity index (χ2v) is 13.7. The Bertz CT molecular complexity index is 1650. The number of alkyl halides is 3. The lowest BCUT2D eigenvalue weighted by molar-refractivity contribution is -0.137. The van der Waals surface area contributed by atoms with Gasteiger partial charge in [-0.2, -0.15) is 17.5 Å². The first-order valence-electron chi connectivity index (χ1n) is 14.4. The van der Waals surface area contributed by atoms with Crippen LogP contribution < -0.4 is 16.0 Å². The van der Waals surface area contributed by atoms with Gasteiger partial charge in [-0.1, -0.05) is 35.9 Å². The number of primary amides is 1. The molecule has 2 aromatic carbocycles. The highest BCUT2D eigenvalue weighted by Gasteiger charge is 2.40. The van der Waals surface area contributed by atoms with Gasteiger partial charge in [0.15, 0.2) is 0 Å². The number of piperidine rings is 1. The number of halogens is 4. The van der Waals surface area contributed by atoms with Crippen molar-refractivity contribution in [2.24, 2.45) is 5.73 Å². The summed E-state index contributed by atoms with van der Waals surface area (Å²) in [5, 5.41) is 3.15. The topological polar surface area (TPSA) is 112 Å². The molecule has 3 N–H and O–H groups in total. The quantitative estimate of drug-likeness (QED) is 0.359. The fraction of sp³-hybridized carbons (Fsp3) is 0.400. The second kappa shape index (κ2) is 11.9. The zero-order valence-electron chi connectivity index (χ0n) is 23.7. The highest BCUT2D eigenvalue weighted by molar-refractivity contribution is 7.89. The largest absolute Gasteiger partial charge is 0.416 e. The van der Waals surface area contributed by atoms with Crippen LogP contribution in [0.3, 0.4) is 0 Å². The van der Waals surface area contributed by atoms with Crippen molar-refractivity contribution in [2.45, 2.75) is 36.0 Å². The fourth-order valence-corrected chi connectivity index (χ4v) is 7.93. The van der Waals surface area contributed by atoms with Crippen LogP contribution in [0.5, 0.6) is 0 Å². The van der Waals surface area contributed by atoms with Crippen molar-refractivity contribution in [2.75, 3.05) is 50.7 Å². The molecule has 2 unspecified atom stereocenters. The number of anilines is 1. The summed E-state index contributed by atoms with van der Waals surface area (Å²) in [5.74, 6) is -0.524. The maximum atomic E-state index is 13.5. The van der Waals surface area contributed by atoms with E-state index in [1.807, 2.05) is 12.1 Å². The first-order valence-corrected chi connectivity index (χ1v) is 16.2. The lowest BCUT2D eigenvalue weighted by Crippen LogP contribution is -2.67. The number of amides is 1. The van der Waals surface area contributed by atoms with E-state index in [1.54, 1.807) is 23.1 Å². The summed E-state index contributed by atoms with van der Waals surface area (Å²) in [6.45, 7) is 3.35. The number of nitrogens with zero attached hydrogens (tertiary/aromatic N) is 4. The minimum atomic E-state index is -4.58. The molecule has 0 saturated carbocycles. The molecular formula is C30H32ClF3N6O3S. The third-order valence-corrected chi connectivity index (χ3v) is 10.8. The Morgan fingerprint density at radius 3 is 2.30 bits per heavy atom. The normalized spacial score (nSPS) is 21.2. The molecule has 3 fully saturated rings. The van der Waals surface area contributed by atoms with Gasteiger partial charge in [-0.15, -0.1) is 0 Å². The molecule has 0 radical (unpaired) electrons. The number of hydrogen-bond acceptors (Lipinski definition) is 7. The van der Waals surface area contributed by atoms with Gasteiger partial charge in [0, 0.05) is 63.5 Å². The Kier molecular flexibility index (Phi) is 8.35. The van der Waals surface area contributed by atoms with E-state index >= 15 is 0 Å². The van der Waals surface area contributed by atoms with Gasteiger partial charge in [-0.05, 0) is 59.9 Å². The first kappa shape index (κ1) is 30.8. The minimum Gasteiger partial charge on any atom is -0.366 e. The van der Waals surface area contributed by atoms with E-state index in [1.165, 1.54) is 22.9 Å². The SMILES string of the molecule is NC(=O)c1ccc(CCN2C3CNCC2C3)cc1-c1ccc(S(=O)(=O)N2CCN(c3cc(C(F)(F)F)cc(Cl)n3)CC2)cc1. The molecule has 1 aromatic heterocycles. The molecule has 3 saturated heterocycles. The number of aromatic nitrogens is 1. The zero-order chi connectivity index (χ0) is 31.2. The van der Waals surface area contributed by atoms with Gasteiger partial charge in [0.1, 0.15) is 11.0 Å². The highest BCUT2D eigenvalue weighted by Crippen LogP contribution is 2.34. The molecule has 3 aliphatic heterocycles. The van der Waals surface area contributed by atoms with Gasteiger partial charge < -0.3 is 16.0 Å². The molecule has 1 amide bonds. The van der Waals surface area contributed by atoms with Crippen molar-refractivity contribution < 1.29 is 26.4 Å². The molecular weight excluding hydrogens is 617 g/mol. The molecule has 44 heavy (non-hydrogen) atoms. The number of hydrogen-bond donors (Lipinski definition) is 2. The lowest BCUT2D eigenvalue weighted by Gasteiger charge is -2.53. The van der Waals surface area contributed by atoms with Crippen LogP contribution in [0.15, 0.2) is 59.5 Å². The molecule has 0 aliphatic carbocycles. The van der Waals surface area contributed by atoms with Crippen LogP contribution in [0.1, 0.15) is 27.9 Å². The van der Waals surface area contributed by atoms with Crippen LogP contribution in [0, 0.1) is 0 Å². The number of nitrogens with two attached hydrogens (primary N) is 1. The lowest BCUT2D eigenvalue weighted by atomic mass is 9.88. The Morgan fingerprint density at radius 1 is 1.00 bits per heavy atom. The van der Waals surface area contributed by atoms with Crippen LogP contribution in [-0.2, 0) is 22.6 Å². The average molecular weight is 649 g/mol. The Labute approximate surface area is 258 Å². The van der Waals surface area contributed by atoms with Crippen LogP contribution >= 0.6 is 11.6 Å². The molecule has 6 rings (SSSR count). The van der Waals surface area contributed by atoms with Crippen molar-refractivity contribution in [1.29, 1.82) is 0 Å². The van der Waals surface area contributed by atoms with Gasteiger partial charge in [0.05, 0.1) is 10.5 Å². The molecule has 3 aliphatic rings. The predicted octanol–water partition coefficient (Wildman–Crippen LogP) is 3.62. The van der Waals surface area contributed by atoms with Crippen molar-refractivity contribution in [3.63, 3.8) is 0 Å². The van der Waals surface area contributed by atoms with E-state index in [2.05, 4.69) is 15.2 Å². The van der Waals surface area contributed by atoms with E-state index in [0.717, 1.165) is 43.8 Å². The molecule has 0 spiro atoms. The summed E-state index contributed by atoms with van der Waals surface area (Å²) >= 11 is 5.83. The van der Waals surface area contributed by atoms with Crippen molar-refractivity contribution >= 4 is 33.3 Å². The number of pyridine rings is 1. The fourth-order valence-electron chi connectivity index (χ4n) is 6.31. The number of carbonyl (C=O) groups excluding carboxylic acids is 1. The van der Waals surface area contributed by atoms with Gasteiger partial charge in [-0.3, -0.25) is 9.69 Å². The van der Waals surface area contributed by atoms with Gasteiger partial charge in [-0.25, -0.2) is 13.4 Å². The number of benzene rings is 2. The summed E-state index contributed by atoms with van der Waals surface area (Å²) in [6.07, 6.45) is -2.53. The first-order chi connectivity index (χ1) is 20.9.